The molecule has 0 spiro atoms. The lowest BCUT2D eigenvalue weighted by Gasteiger charge is -2.01. The van der Waals surface area contributed by atoms with Gasteiger partial charge in [0, 0.05) is 29.7 Å². The molecule has 130 valence electrons. The first kappa shape index (κ1) is 15.6. The van der Waals surface area contributed by atoms with Crippen LogP contribution in [-0.2, 0) is 0 Å². The molecule has 0 aliphatic rings. The zero-order chi connectivity index (χ0) is 18.4. The summed E-state index contributed by atoms with van der Waals surface area (Å²) in [5, 5.41) is 1.05. The van der Waals surface area contributed by atoms with Gasteiger partial charge in [0.1, 0.15) is 5.65 Å². The lowest BCUT2D eigenvalue weighted by molar-refractivity contribution is 1.11. The summed E-state index contributed by atoms with van der Waals surface area (Å²) in [5.41, 5.74) is 7.74. The molecule has 0 aliphatic heterocycles. The molecule has 0 amide bonds. The van der Waals surface area contributed by atoms with Gasteiger partial charge in [0.05, 0.1) is 27.9 Å². The maximum Gasteiger partial charge on any atom is 0.147 e. The molecule has 27 heavy (non-hydrogen) atoms. The summed E-state index contributed by atoms with van der Waals surface area (Å²) in [6.45, 7) is 4.12. The van der Waals surface area contributed by atoms with Crippen LogP contribution in [0.1, 0.15) is 22.6 Å². The van der Waals surface area contributed by atoms with E-state index in [0.29, 0.717) is 0 Å². The average molecular weight is 351 g/mol. The zero-order valence-electron chi connectivity index (χ0n) is 15.1. The van der Waals surface area contributed by atoms with Gasteiger partial charge < -0.3 is 4.40 Å². The van der Waals surface area contributed by atoms with Crippen molar-refractivity contribution in [1.29, 1.82) is 0 Å². The quantitative estimate of drug-likeness (QED) is 0.466. The molecule has 5 heterocycles. The van der Waals surface area contributed by atoms with E-state index >= 15 is 0 Å². The third kappa shape index (κ3) is 2.56. The van der Waals surface area contributed by atoms with Crippen molar-refractivity contribution >= 4 is 39.7 Å². The minimum absolute atomic E-state index is 0.890. The average Bonchev–Trinajstić information content (AvgIpc) is 3.03. The van der Waals surface area contributed by atoms with Crippen molar-refractivity contribution in [2.75, 3.05) is 0 Å². The first-order chi connectivity index (χ1) is 13.2. The second kappa shape index (κ2) is 5.99. The van der Waals surface area contributed by atoms with Gasteiger partial charge in [0.15, 0.2) is 0 Å². The molecule has 0 radical (unpaired) electrons. The second-order valence-electron chi connectivity index (χ2n) is 6.59. The van der Waals surface area contributed by atoms with Gasteiger partial charge in [-0.15, -0.1) is 0 Å². The summed E-state index contributed by atoms with van der Waals surface area (Å²) in [7, 11) is 0. The van der Waals surface area contributed by atoms with Crippen molar-refractivity contribution in [3.05, 3.63) is 77.6 Å². The highest BCUT2D eigenvalue weighted by Crippen LogP contribution is 2.22. The molecule has 5 aromatic rings. The van der Waals surface area contributed by atoms with Crippen molar-refractivity contribution in [3.63, 3.8) is 0 Å². The first-order valence-corrected chi connectivity index (χ1v) is 8.83. The molecule has 0 bridgehead atoms. The van der Waals surface area contributed by atoms with E-state index in [0.717, 1.165) is 50.2 Å². The molecule has 0 saturated carbocycles. The maximum absolute atomic E-state index is 4.83. The van der Waals surface area contributed by atoms with Crippen LogP contribution in [0.25, 0.3) is 39.7 Å². The molecule has 5 aromatic heterocycles. The van der Waals surface area contributed by atoms with Crippen LogP contribution in [0.4, 0.5) is 0 Å². The monoisotopic (exact) mass is 351 g/mol. The lowest BCUT2D eigenvalue weighted by atomic mass is 10.2. The summed E-state index contributed by atoms with van der Waals surface area (Å²) in [6.07, 6.45) is 9.66. The number of pyridine rings is 4. The van der Waals surface area contributed by atoms with Crippen LogP contribution in [0, 0.1) is 13.8 Å². The van der Waals surface area contributed by atoms with Crippen molar-refractivity contribution in [2.45, 2.75) is 13.8 Å². The third-order valence-electron chi connectivity index (χ3n) is 4.87. The van der Waals surface area contributed by atoms with Crippen LogP contribution < -0.4 is 0 Å². The summed E-state index contributed by atoms with van der Waals surface area (Å²) >= 11 is 0. The van der Waals surface area contributed by atoms with E-state index in [1.807, 2.05) is 54.9 Å². The zero-order valence-corrected chi connectivity index (χ0v) is 15.1. The molecule has 5 rings (SSSR count). The van der Waals surface area contributed by atoms with E-state index in [1.165, 1.54) is 0 Å². The van der Waals surface area contributed by atoms with Gasteiger partial charge in [-0.2, -0.15) is 0 Å². The van der Waals surface area contributed by atoms with Crippen molar-refractivity contribution in [2.24, 2.45) is 0 Å². The number of aromatic nitrogens is 5. The summed E-state index contributed by atoms with van der Waals surface area (Å²) in [5.74, 6) is 0. The number of hydrogen-bond donors (Lipinski definition) is 0. The van der Waals surface area contributed by atoms with E-state index in [9.17, 15) is 0 Å². The van der Waals surface area contributed by atoms with E-state index in [-0.39, 0.29) is 0 Å². The fraction of sp³-hybridized carbons (Fsp3) is 0.0909. The van der Waals surface area contributed by atoms with E-state index in [1.54, 1.807) is 6.20 Å². The van der Waals surface area contributed by atoms with Crippen LogP contribution in [0.15, 0.2) is 55.0 Å². The minimum Gasteiger partial charge on any atom is -0.303 e. The Morgan fingerprint density at radius 3 is 2.67 bits per heavy atom. The Morgan fingerprint density at radius 1 is 0.852 bits per heavy atom. The second-order valence-corrected chi connectivity index (χ2v) is 6.59. The van der Waals surface area contributed by atoms with Gasteiger partial charge in [-0.3, -0.25) is 9.97 Å². The van der Waals surface area contributed by atoms with Gasteiger partial charge in [-0.25, -0.2) is 9.97 Å². The predicted octanol–water partition coefficient (Wildman–Crippen LogP) is 4.61. The Kier molecular flexibility index (Phi) is 3.47. The molecule has 0 fully saturated rings. The van der Waals surface area contributed by atoms with E-state index < -0.39 is 0 Å². The Labute approximate surface area is 156 Å². The highest BCUT2D eigenvalue weighted by Gasteiger charge is 2.09. The largest absolute Gasteiger partial charge is 0.303 e. The summed E-state index contributed by atoms with van der Waals surface area (Å²) < 4.78 is 2.10. The van der Waals surface area contributed by atoms with Crippen LogP contribution in [-0.4, -0.2) is 24.3 Å². The summed E-state index contributed by atoms with van der Waals surface area (Å²) in [6, 6.07) is 12.0. The molecule has 0 aliphatic carbocycles. The number of fused-ring (bicyclic) bond motifs is 4. The van der Waals surface area contributed by atoms with Crippen LogP contribution >= 0.6 is 0 Å². The topological polar surface area (TPSA) is 56.0 Å². The predicted molar refractivity (Wildman–Crippen MR) is 108 cm³/mol. The molecular formula is C22H17N5. The minimum atomic E-state index is 0.890. The van der Waals surface area contributed by atoms with Crippen LogP contribution in [0.2, 0.25) is 0 Å². The van der Waals surface area contributed by atoms with Crippen molar-refractivity contribution in [1.82, 2.24) is 24.3 Å². The number of nitrogens with zero attached hydrogens (tertiary/aromatic N) is 5. The Morgan fingerprint density at radius 2 is 1.74 bits per heavy atom. The van der Waals surface area contributed by atoms with Crippen LogP contribution in [0.3, 0.4) is 0 Å². The fourth-order valence-corrected chi connectivity index (χ4v) is 3.37. The van der Waals surface area contributed by atoms with Gasteiger partial charge in [-0.05, 0) is 68.0 Å². The molecule has 0 unspecified atom stereocenters. The Bertz CT molecular complexity index is 1350. The Hall–Kier alpha value is -3.60. The third-order valence-corrected chi connectivity index (χ3v) is 4.87. The lowest BCUT2D eigenvalue weighted by Crippen LogP contribution is -1.89. The highest BCUT2D eigenvalue weighted by atomic mass is 15.0. The molecule has 0 aromatic carbocycles. The van der Waals surface area contributed by atoms with Crippen molar-refractivity contribution < 1.29 is 0 Å². The smallest absolute Gasteiger partial charge is 0.147 e. The molecule has 0 N–H and O–H groups in total. The van der Waals surface area contributed by atoms with Crippen molar-refractivity contribution in [3.8, 4) is 0 Å². The number of imidazole rings is 1. The molecule has 5 heteroatoms. The molecule has 0 saturated heterocycles. The van der Waals surface area contributed by atoms with Gasteiger partial charge in [0.2, 0.25) is 0 Å². The highest BCUT2D eigenvalue weighted by molar-refractivity contribution is 5.92. The van der Waals surface area contributed by atoms with E-state index in [4.69, 9.17) is 9.97 Å². The van der Waals surface area contributed by atoms with Crippen LogP contribution in [0.5, 0.6) is 0 Å². The fourth-order valence-electron chi connectivity index (χ4n) is 3.37. The Balaban J connectivity index is 1.61. The first-order valence-electron chi connectivity index (χ1n) is 8.83. The molecular weight excluding hydrogens is 334 g/mol. The molecule has 5 nitrogen and oxygen atoms in total. The SMILES string of the molecule is Cc1ccnc2ccc(/C=C/c3nc4c5cccnc5ccn4c3C)nc12. The van der Waals surface area contributed by atoms with Gasteiger partial charge in [-0.1, -0.05) is 0 Å². The normalized spacial score (nSPS) is 11.9. The van der Waals surface area contributed by atoms with E-state index in [2.05, 4.69) is 34.3 Å². The van der Waals surface area contributed by atoms with Gasteiger partial charge >= 0.3 is 0 Å². The van der Waals surface area contributed by atoms with Gasteiger partial charge in [0.25, 0.3) is 0 Å². The number of aryl methyl sites for hydroxylation is 2. The molecule has 0 atom stereocenters. The standard InChI is InChI=1S/C22H17N5/c1-14-9-12-24-20-8-6-16(25-21(14)20)5-7-18-15(2)27-13-10-19-17(22(27)26-18)4-3-11-23-19/h3-13H,1-2H3/b7-5+. The number of hydrogen-bond acceptors (Lipinski definition) is 4. The summed E-state index contributed by atoms with van der Waals surface area (Å²) in [4.78, 5) is 18.3. The maximum atomic E-state index is 4.83. The number of rotatable bonds is 2.